The smallest absolute Gasteiger partial charge is 0.358 e. The summed E-state index contributed by atoms with van der Waals surface area (Å²) in [5.74, 6) is -0.174. The quantitative estimate of drug-likeness (QED) is 0.637. The van der Waals surface area contributed by atoms with E-state index in [-0.39, 0.29) is 5.82 Å². The molecule has 0 unspecified atom stereocenters. The highest BCUT2D eigenvalue weighted by Crippen LogP contribution is 2.22. The lowest BCUT2D eigenvalue weighted by molar-refractivity contribution is -0.390. The summed E-state index contributed by atoms with van der Waals surface area (Å²) in [7, 11) is 0. The van der Waals surface area contributed by atoms with E-state index in [1.165, 1.54) is 4.68 Å². The minimum atomic E-state index is -0.516. The first-order chi connectivity index (χ1) is 8.11. The van der Waals surface area contributed by atoms with Crippen LogP contribution >= 0.6 is 15.9 Å². The number of nitrogens with zero attached hydrogens (tertiary/aromatic N) is 5. The Balaban J connectivity index is 2.25. The van der Waals surface area contributed by atoms with E-state index in [9.17, 15) is 10.1 Å². The monoisotopic (exact) mass is 299 g/mol. The average Bonchev–Trinajstić information content (AvgIpc) is 2.85. The standard InChI is InChI=1S/C9H10BrN5O2/c1-2-13-6-11-3-7(13)4-14-5-8(10)9(12-14)15(16)17/h3,5-6H,2,4H2,1H3. The molecule has 0 aliphatic rings. The van der Waals surface area contributed by atoms with Gasteiger partial charge in [-0.3, -0.25) is 0 Å². The first-order valence-electron chi connectivity index (χ1n) is 4.98. The molecule has 0 atom stereocenters. The van der Waals surface area contributed by atoms with Gasteiger partial charge in [0.05, 0.1) is 29.5 Å². The van der Waals surface area contributed by atoms with Gasteiger partial charge in [0.1, 0.15) is 11.0 Å². The van der Waals surface area contributed by atoms with Crippen LogP contribution in [0.5, 0.6) is 0 Å². The Morgan fingerprint density at radius 3 is 2.94 bits per heavy atom. The van der Waals surface area contributed by atoms with Crippen LogP contribution in [-0.4, -0.2) is 24.3 Å². The molecule has 0 aromatic carbocycles. The molecule has 0 spiro atoms. The van der Waals surface area contributed by atoms with Crippen molar-refractivity contribution in [2.75, 3.05) is 0 Å². The fraction of sp³-hybridized carbons (Fsp3) is 0.333. The van der Waals surface area contributed by atoms with Gasteiger partial charge in [-0.05, 0) is 27.8 Å². The van der Waals surface area contributed by atoms with Crippen molar-refractivity contribution in [3.05, 3.63) is 39.0 Å². The lowest BCUT2D eigenvalue weighted by Gasteiger charge is -2.02. The maximum atomic E-state index is 10.6. The number of hydrogen-bond donors (Lipinski definition) is 0. The summed E-state index contributed by atoms with van der Waals surface area (Å²) < 4.78 is 3.86. The van der Waals surface area contributed by atoms with Crippen molar-refractivity contribution >= 4 is 21.7 Å². The molecular weight excluding hydrogens is 290 g/mol. The van der Waals surface area contributed by atoms with Gasteiger partial charge in [0.15, 0.2) is 0 Å². The Bertz CT molecular complexity index is 547. The lowest BCUT2D eigenvalue weighted by Crippen LogP contribution is -2.06. The highest BCUT2D eigenvalue weighted by molar-refractivity contribution is 9.10. The first kappa shape index (κ1) is 11.8. The van der Waals surface area contributed by atoms with Gasteiger partial charge in [0.2, 0.25) is 0 Å². The van der Waals surface area contributed by atoms with Crippen LogP contribution in [-0.2, 0) is 13.1 Å². The Morgan fingerprint density at radius 1 is 1.59 bits per heavy atom. The minimum absolute atomic E-state index is 0.174. The van der Waals surface area contributed by atoms with Gasteiger partial charge in [-0.15, -0.1) is 0 Å². The number of nitro groups is 1. The van der Waals surface area contributed by atoms with Crippen LogP contribution in [0.3, 0.4) is 0 Å². The van der Waals surface area contributed by atoms with E-state index < -0.39 is 4.92 Å². The molecule has 2 heterocycles. The fourth-order valence-electron chi connectivity index (χ4n) is 1.52. The van der Waals surface area contributed by atoms with Gasteiger partial charge in [-0.2, -0.15) is 4.68 Å². The lowest BCUT2D eigenvalue weighted by atomic mass is 10.4. The number of halogens is 1. The molecule has 2 rings (SSSR count). The SMILES string of the molecule is CCn1cncc1Cn1cc(Br)c([N+](=O)[O-])n1. The second-order valence-corrected chi connectivity index (χ2v) is 4.28. The van der Waals surface area contributed by atoms with Crippen molar-refractivity contribution in [3.8, 4) is 0 Å². The Hall–Kier alpha value is -1.70. The molecule has 0 bridgehead atoms. The van der Waals surface area contributed by atoms with Crippen LogP contribution in [0.2, 0.25) is 0 Å². The molecular formula is C9H10BrN5O2. The number of rotatable bonds is 4. The first-order valence-corrected chi connectivity index (χ1v) is 5.77. The van der Waals surface area contributed by atoms with Gasteiger partial charge < -0.3 is 14.7 Å². The zero-order chi connectivity index (χ0) is 12.4. The summed E-state index contributed by atoms with van der Waals surface area (Å²) in [4.78, 5) is 14.2. The minimum Gasteiger partial charge on any atom is -0.358 e. The van der Waals surface area contributed by atoms with E-state index in [1.807, 2.05) is 11.5 Å². The van der Waals surface area contributed by atoms with Crippen molar-refractivity contribution in [2.45, 2.75) is 20.0 Å². The summed E-state index contributed by atoms with van der Waals surface area (Å²) in [6.07, 6.45) is 5.04. The zero-order valence-corrected chi connectivity index (χ0v) is 10.7. The van der Waals surface area contributed by atoms with E-state index in [0.717, 1.165) is 12.2 Å². The van der Waals surface area contributed by atoms with Gasteiger partial charge >= 0.3 is 5.82 Å². The van der Waals surface area contributed by atoms with Gasteiger partial charge in [0.25, 0.3) is 0 Å². The Morgan fingerprint density at radius 2 is 2.35 bits per heavy atom. The Labute approximate surface area is 105 Å². The average molecular weight is 300 g/mol. The molecule has 0 fully saturated rings. The van der Waals surface area contributed by atoms with Crippen LogP contribution in [0.1, 0.15) is 12.6 Å². The van der Waals surface area contributed by atoms with Crippen LogP contribution in [0.15, 0.2) is 23.2 Å². The third kappa shape index (κ3) is 2.36. The van der Waals surface area contributed by atoms with E-state index in [1.54, 1.807) is 18.7 Å². The van der Waals surface area contributed by atoms with Crippen molar-refractivity contribution in [3.63, 3.8) is 0 Å². The third-order valence-electron chi connectivity index (χ3n) is 2.34. The molecule has 0 saturated heterocycles. The van der Waals surface area contributed by atoms with Gasteiger partial charge in [-0.1, -0.05) is 0 Å². The maximum Gasteiger partial charge on any atom is 0.404 e. The summed E-state index contributed by atoms with van der Waals surface area (Å²) in [5, 5.41) is 14.5. The maximum absolute atomic E-state index is 10.6. The molecule has 0 N–H and O–H groups in total. The highest BCUT2D eigenvalue weighted by Gasteiger charge is 2.19. The van der Waals surface area contributed by atoms with Crippen LogP contribution in [0, 0.1) is 10.1 Å². The highest BCUT2D eigenvalue weighted by atomic mass is 79.9. The van der Waals surface area contributed by atoms with E-state index >= 15 is 0 Å². The number of aromatic nitrogens is 4. The summed E-state index contributed by atoms with van der Waals surface area (Å²) in [6, 6.07) is 0. The van der Waals surface area contributed by atoms with Gasteiger partial charge in [0, 0.05) is 6.54 Å². The van der Waals surface area contributed by atoms with E-state index in [4.69, 9.17) is 0 Å². The molecule has 0 saturated carbocycles. The van der Waals surface area contributed by atoms with Crippen molar-refractivity contribution < 1.29 is 4.92 Å². The topological polar surface area (TPSA) is 78.8 Å². The molecule has 8 heteroatoms. The van der Waals surface area contributed by atoms with Crippen molar-refractivity contribution in [2.24, 2.45) is 0 Å². The molecule has 17 heavy (non-hydrogen) atoms. The fourth-order valence-corrected chi connectivity index (χ4v) is 1.98. The second-order valence-electron chi connectivity index (χ2n) is 3.43. The van der Waals surface area contributed by atoms with Crippen LogP contribution < -0.4 is 0 Å². The van der Waals surface area contributed by atoms with E-state index in [0.29, 0.717) is 11.0 Å². The predicted octanol–water partition coefficient (Wildman–Crippen LogP) is 1.82. The van der Waals surface area contributed by atoms with Crippen LogP contribution in [0.4, 0.5) is 5.82 Å². The number of imidazole rings is 1. The molecule has 0 aliphatic carbocycles. The van der Waals surface area contributed by atoms with E-state index in [2.05, 4.69) is 26.0 Å². The molecule has 0 aliphatic heterocycles. The predicted molar refractivity (Wildman–Crippen MR) is 63.6 cm³/mol. The summed E-state index contributed by atoms with van der Waals surface area (Å²) >= 11 is 3.11. The Kier molecular flexibility index (Phi) is 3.23. The second kappa shape index (κ2) is 4.66. The van der Waals surface area contributed by atoms with Crippen LogP contribution in [0.25, 0.3) is 0 Å². The summed E-state index contributed by atoms with van der Waals surface area (Å²) in [5.41, 5.74) is 0.956. The zero-order valence-electron chi connectivity index (χ0n) is 9.08. The molecule has 2 aromatic heterocycles. The van der Waals surface area contributed by atoms with Gasteiger partial charge in [-0.25, -0.2) is 4.98 Å². The number of hydrogen-bond acceptors (Lipinski definition) is 4. The molecule has 0 amide bonds. The molecule has 7 nitrogen and oxygen atoms in total. The van der Waals surface area contributed by atoms with Crippen molar-refractivity contribution in [1.29, 1.82) is 0 Å². The van der Waals surface area contributed by atoms with Crippen molar-refractivity contribution in [1.82, 2.24) is 19.3 Å². The normalized spacial score (nSPS) is 10.7. The molecule has 90 valence electrons. The number of aryl methyl sites for hydroxylation is 1. The molecule has 2 aromatic rings. The third-order valence-corrected chi connectivity index (χ3v) is 2.89. The largest absolute Gasteiger partial charge is 0.404 e. The summed E-state index contributed by atoms with van der Waals surface area (Å²) in [6.45, 7) is 3.27. The molecule has 0 radical (unpaired) electrons.